The quantitative estimate of drug-likeness (QED) is 0.516. The smallest absolute Gasteiger partial charge is 0.120 e. The van der Waals surface area contributed by atoms with E-state index in [1.807, 2.05) is 0 Å². The predicted octanol–water partition coefficient (Wildman–Crippen LogP) is 1.07. The maximum absolute atomic E-state index is 2.20. The Bertz CT molecular complexity index is 355. The van der Waals surface area contributed by atoms with Crippen molar-refractivity contribution in [1.29, 1.82) is 0 Å². The molecule has 0 saturated heterocycles. The van der Waals surface area contributed by atoms with Gasteiger partial charge in [-0.1, -0.05) is 49.7 Å². The van der Waals surface area contributed by atoms with Gasteiger partial charge in [-0.05, 0) is 0 Å². The molecule has 76 valence electrons. The van der Waals surface area contributed by atoms with Gasteiger partial charge in [0.2, 0.25) is 0 Å². The van der Waals surface area contributed by atoms with Crippen LogP contribution in [0.25, 0.3) is 0 Å². The van der Waals surface area contributed by atoms with Crippen molar-refractivity contribution in [2.75, 3.05) is 0 Å². The van der Waals surface area contributed by atoms with Crippen molar-refractivity contribution in [3.63, 3.8) is 0 Å². The first-order chi connectivity index (χ1) is 7.42. The van der Waals surface area contributed by atoms with Crippen LogP contribution in [0, 0.1) is 5.92 Å². The fourth-order valence-electron chi connectivity index (χ4n) is 1.85. The van der Waals surface area contributed by atoms with E-state index in [1.54, 1.807) is 0 Å². The maximum Gasteiger partial charge on any atom is 1.00 e. The van der Waals surface area contributed by atoms with Crippen LogP contribution in [-0.4, -0.2) is 0 Å². The Morgan fingerprint density at radius 2 is 1.12 bits per heavy atom. The Labute approximate surface area is 110 Å². The van der Waals surface area contributed by atoms with E-state index in [2.05, 4.69) is 67.6 Å². The third-order valence-electron chi connectivity index (χ3n) is 2.60. The summed E-state index contributed by atoms with van der Waals surface area (Å²) in [5.74, 6) is 1.41. The van der Waals surface area contributed by atoms with E-state index in [1.165, 1.54) is 17.0 Å². The normalized spacial score (nSPS) is 9.31. The summed E-state index contributed by atoms with van der Waals surface area (Å²) in [7, 11) is 0. The van der Waals surface area contributed by atoms with E-state index < -0.39 is 0 Å². The van der Waals surface area contributed by atoms with Crippen LogP contribution in [0.3, 0.4) is 0 Å². The first-order valence-electron chi connectivity index (χ1n) is 5.38. The van der Waals surface area contributed by atoms with E-state index in [4.69, 9.17) is 0 Å². The molecule has 1 heteroatoms. The molecular weight excluding hydrogens is 187 g/mol. The van der Waals surface area contributed by atoms with Gasteiger partial charge in [0.1, 0.15) is 0 Å². The van der Waals surface area contributed by atoms with Crippen LogP contribution >= 0.6 is 0 Å². The molecule has 0 saturated carbocycles. The van der Waals surface area contributed by atoms with Crippen molar-refractivity contribution < 1.29 is 18.9 Å². The summed E-state index contributed by atoms with van der Waals surface area (Å²) >= 11 is 0. The Balaban J connectivity index is 0.00000128. The molecule has 0 bridgehead atoms. The summed E-state index contributed by atoms with van der Waals surface area (Å²) in [4.78, 5) is 0. The predicted molar refractivity (Wildman–Crippen MR) is 64.6 cm³/mol. The van der Waals surface area contributed by atoms with Gasteiger partial charge in [0.15, 0.2) is 0 Å². The molecular formula is C15H15Li. The monoisotopic (exact) mass is 202 g/mol. The molecule has 0 aromatic heterocycles. The van der Waals surface area contributed by atoms with E-state index in [0.29, 0.717) is 0 Å². The Morgan fingerprint density at radius 1 is 0.750 bits per heavy atom. The second-order valence-corrected chi connectivity index (χ2v) is 3.56. The molecule has 0 aliphatic carbocycles. The molecule has 2 aromatic carbocycles. The van der Waals surface area contributed by atoms with E-state index in [0.717, 1.165) is 6.42 Å². The van der Waals surface area contributed by atoms with Gasteiger partial charge >= 0.3 is 18.9 Å². The molecule has 0 fully saturated rings. The molecule has 16 heavy (non-hydrogen) atoms. The minimum atomic E-state index is 0. The Kier molecular flexibility index (Phi) is 5.26. The van der Waals surface area contributed by atoms with Gasteiger partial charge in [-0.3, -0.25) is 0 Å². The van der Waals surface area contributed by atoms with Crippen LogP contribution in [0.4, 0.5) is 0 Å². The van der Waals surface area contributed by atoms with E-state index >= 15 is 0 Å². The van der Waals surface area contributed by atoms with Crippen molar-refractivity contribution >= 4 is 0 Å². The zero-order valence-corrected chi connectivity index (χ0v) is 9.98. The van der Waals surface area contributed by atoms with Crippen LogP contribution in [0.2, 0.25) is 0 Å². The minimum Gasteiger partial charge on any atom is -0.120 e. The van der Waals surface area contributed by atoms with Crippen LogP contribution in [0.1, 0.15) is 24.5 Å². The largest absolute Gasteiger partial charge is 1.00 e. The van der Waals surface area contributed by atoms with Crippen LogP contribution in [-0.2, 0) is 0 Å². The molecule has 0 heterocycles. The van der Waals surface area contributed by atoms with Crippen molar-refractivity contribution in [3.05, 3.63) is 77.7 Å². The summed E-state index contributed by atoms with van der Waals surface area (Å²) in [6.45, 7) is 2.20. The molecule has 0 spiro atoms. The molecule has 0 atom stereocenters. The second-order valence-electron chi connectivity index (χ2n) is 3.56. The Hall–Kier alpha value is -1.09. The maximum atomic E-state index is 2.20. The van der Waals surface area contributed by atoms with Gasteiger partial charge in [0, 0.05) is 0 Å². The molecule has 0 aliphatic rings. The van der Waals surface area contributed by atoms with Crippen LogP contribution < -0.4 is 18.9 Å². The summed E-state index contributed by atoms with van der Waals surface area (Å²) in [5, 5.41) is 0. The van der Waals surface area contributed by atoms with Crippen LogP contribution in [0.5, 0.6) is 0 Å². The molecule has 2 aromatic rings. The number of hydrogen-bond donors (Lipinski definition) is 0. The van der Waals surface area contributed by atoms with Gasteiger partial charge < -0.3 is 0 Å². The fraction of sp³-hybridized carbons (Fsp3) is 0.133. The van der Waals surface area contributed by atoms with Gasteiger partial charge in [0.25, 0.3) is 0 Å². The molecule has 0 aliphatic heterocycles. The van der Waals surface area contributed by atoms with E-state index in [-0.39, 0.29) is 18.9 Å². The van der Waals surface area contributed by atoms with Crippen molar-refractivity contribution in [2.24, 2.45) is 0 Å². The third kappa shape index (κ3) is 2.95. The molecule has 0 amide bonds. The summed E-state index contributed by atoms with van der Waals surface area (Å²) in [6.07, 6.45) is 1.06. The van der Waals surface area contributed by atoms with Crippen molar-refractivity contribution in [3.8, 4) is 0 Å². The minimum absolute atomic E-state index is 0. The first-order valence-corrected chi connectivity index (χ1v) is 5.38. The molecule has 2 rings (SSSR count). The van der Waals surface area contributed by atoms with Gasteiger partial charge in [0.05, 0.1) is 0 Å². The number of benzene rings is 2. The van der Waals surface area contributed by atoms with Gasteiger partial charge in [-0.2, -0.15) is 0 Å². The van der Waals surface area contributed by atoms with E-state index in [9.17, 15) is 0 Å². The number of rotatable bonds is 3. The topological polar surface area (TPSA) is 0 Å². The number of hydrogen-bond acceptors (Lipinski definition) is 0. The summed E-state index contributed by atoms with van der Waals surface area (Å²) in [6, 6.07) is 21.2. The average Bonchev–Trinajstić information content (AvgIpc) is 2.33. The Morgan fingerprint density at radius 3 is 1.44 bits per heavy atom. The first kappa shape index (κ1) is 13.0. The molecule has 0 unspecified atom stereocenters. The molecule has 0 radical (unpaired) electrons. The SMILES string of the molecule is CC[C-](c1ccccc1)c1ccccc1.[Li+]. The van der Waals surface area contributed by atoms with Crippen molar-refractivity contribution in [2.45, 2.75) is 13.3 Å². The van der Waals surface area contributed by atoms with Gasteiger partial charge in [-0.15, -0.1) is 41.3 Å². The van der Waals surface area contributed by atoms with Gasteiger partial charge in [-0.25, -0.2) is 0 Å². The van der Waals surface area contributed by atoms with Crippen LogP contribution in [0.15, 0.2) is 60.7 Å². The molecule has 0 nitrogen and oxygen atoms in total. The average molecular weight is 202 g/mol. The fourth-order valence-corrected chi connectivity index (χ4v) is 1.85. The summed E-state index contributed by atoms with van der Waals surface area (Å²) < 4.78 is 0. The summed E-state index contributed by atoms with van der Waals surface area (Å²) in [5.41, 5.74) is 2.65. The second kappa shape index (κ2) is 6.48. The third-order valence-corrected chi connectivity index (χ3v) is 2.60. The zero-order valence-electron chi connectivity index (χ0n) is 9.98. The van der Waals surface area contributed by atoms with Crippen molar-refractivity contribution in [1.82, 2.24) is 0 Å². The standard InChI is InChI=1S/C15H15.Li/c1-2-15(13-9-5-3-6-10-13)14-11-7-4-8-12-14;/h3-12H,2H2,1H3;/q-1;+1. The zero-order chi connectivity index (χ0) is 10.5. The molecule has 0 N–H and O–H groups in total.